The third-order valence-corrected chi connectivity index (χ3v) is 4.00. The Morgan fingerprint density at radius 1 is 1.37 bits per heavy atom. The second kappa shape index (κ2) is 7.18. The van der Waals surface area contributed by atoms with Crippen molar-refractivity contribution in [3.63, 3.8) is 0 Å². The van der Waals surface area contributed by atoms with Crippen LogP contribution in [0.5, 0.6) is 0 Å². The highest BCUT2D eigenvalue weighted by Crippen LogP contribution is 2.34. The maximum atomic E-state index is 11.3. The van der Waals surface area contributed by atoms with E-state index in [1.807, 2.05) is 6.92 Å². The second-order valence-corrected chi connectivity index (χ2v) is 5.22. The molecule has 2 atom stereocenters. The number of esters is 2. The van der Waals surface area contributed by atoms with Gasteiger partial charge in [0.2, 0.25) is 5.91 Å². The Morgan fingerprint density at radius 3 is 2.53 bits per heavy atom. The molecule has 1 fully saturated rings. The highest BCUT2D eigenvalue weighted by Gasteiger charge is 2.38. The first-order valence-corrected chi connectivity index (χ1v) is 6.72. The van der Waals surface area contributed by atoms with Gasteiger partial charge in [-0.2, -0.15) is 0 Å². The van der Waals surface area contributed by atoms with Gasteiger partial charge in [0.25, 0.3) is 0 Å². The van der Waals surface area contributed by atoms with Gasteiger partial charge in [-0.1, -0.05) is 6.92 Å². The van der Waals surface area contributed by atoms with Gasteiger partial charge in [0, 0.05) is 11.0 Å². The molecule has 1 saturated heterocycles. The molecule has 1 heterocycles. The molecule has 6 nitrogen and oxygen atoms in total. The fraction of sp³-hybridized carbons (Fsp3) is 0.583. The molecule has 0 spiro atoms. The Balaban J connectivity index is 2.69. The molecule has 1 amide bonds. The summed E-state index contributed by atoms with van der Waals surface area (Å²) in [6, 6.07) is 0. The van der Waals surface area contributed by atoms with Crippen LogP contribution >= 0.6 is 11.8 Å². The highest BCUT2D eigenvalue weighted by molar-refractivity contribution is 8.03. The molecule has 0 unspecified atom stereocenters. The summed E-state index contributed by atoms with van der Waals surface area (Å²) in [6.07, 6.45) is 1.95. The quantitative estimate of drug-likeness (QED) is 0.442. The molecule has 1 aliphatic heterocycles. The monoisotopic (exact) mass is 287 g/mol. The predicted molar refractivity (Wildman–Crippen MR) is 70.0 cm³/mol. The molecule has 0 aromatic carbocycles. The van der Waals surface area contributed by atoms with Crippen LogP contribution in [0.2, 0.25) is 0 Å². The summed E-state index contributed by atoms with van der Waals surface area (Å²) < 4.78 is 9.11. The van der Waals surface area contributed by atoms with E-state index in [0.717, 1.165) is 0 Å². The number of β-lactam (4-membered cyclic amide) rings is 1. The first kappa shape index (κ1) is 15.6. The van der Waals surface area contributed by atoms with Gasteiger partial charge in [-0.15, -0.1) is 11.8 Å². The van der Waals surface area contributed by atoms with Gasteiger partial charge in [-0.05, 0) is 6.42 Å². The maximum absolute atomic E-state index is 11.3. The minimum absolute atomic E-state index is 0.00418. The summed E-state index contributed by atoms with van der Waals surface area (Å²) >= 11 is 1.28. The van der Waals surface area contributed by atoms with Crippen molar-refractivity contribution < 1.29 is 23.9 Å². The number of methoxy groups -OCH3 is 2. The van der Waals surface area contributed by atoms with E-state index in [4.69, 9.17) is 0 Å². The molecule has 1 rings (SSSR count). The third-order valence-electron chi connectivity index (χ3n) is 2.73. The molecule has 19 heavy (non-hydrogen) atoms. The van der Waals surface area contributed by atoms with Crippen molar-refractivity contribution in [2.75, 3.05) is 14.2 Å². The number of amides is 1. The molecule has 0 aliphatic carbocycles. The largest absolute Gasteiger partial charge is 0.469 e. The van der Waals surface area contributed by atoms with Gasteiger partial charge in [0.1, 0.15) is 0 Å². The molecule has 0 saturated carbocycles. The smallest absolute Gasteiger partial charge is 0.331 e. The summed E-state index contributed by atoms with van der Waals surface area (Å²) in [5, 5.41) is 2.62. The minimum atomic E-state index is -0.537. The van der Waals surface area contributed by atoms with Crippen LogP contribution in [-0.2, 0) is 23.9 Å². The Bertz CT molecular complexity index is 407. The predicted octanol–water partition coefficient (Wildman–Crippen LogP) is 0.822. The number of nitrogens with one attached hydrogen (secondary N) is 1. The molecular formula is C12H17NO5S. The highest BCUT2D eigenvalue weighted by atomic mass is 32.2. The van der Waals surface area contributed by atoms with Gasteiger partial charge in [0.15, 0.2) is 0 Å². The van der Waals surface area contributed by atoms with E-state index in [1.165, 1.54) is 32.1 Å². The zero-order valence-electron chi connectivity index (χ0n) is 11.1. The Morgan fingerprint density at radius 2 is 2.05 bits per heavy atom. The first-order chi connectivity index (χ1) is 9.01. The average Bonchev–Trinajstić information content (AvgIpc) is 2.37. The van der Waals surface area contributed by atoms with Crippen LogP contribution in [0.3, 0.4) is 0 Å². The molecular weight excluding hydrogens is 270 g/mol. The van der Waals surface area contributed by atoms with Crippen LogP contribution in [0, 0.1) is 5.92 Å². The van der Waals surface area contributed by atoms with Crippen LogP contribution in [-0.4, -0.2) is 37.4 Å². The van der Waals surface area contributed by atoms with Crippen molar-refractivity contribution in [3.05, 3.63) is 11.0 Å². The van der Waals surface area contributed by atoms with E-state index in [-0.39, 0.29) is 23.6 Å². The van der Waals surface area contributed by atoms with E-state index in [2.05, 4.69) is 14.8 Å². The SMILES string of the molecule is CC[C@H]1C(=O)N[C@@H]1S/C(=C/C(=O)OC)CC(=O)OC. The van der Waals surface area contributed by atoms with Crippen molar-refractivity contribution in [1.82, 2.24) is 5.32 Å². The van der Waals surface area contributed by atoms with Crippen molar-refractivity contribution in [2.45, 2.75) is 25.1 Å². The van der Waals surface area contributed by atoms with Crippen molar-refractivity contribution >= 4 is 29.6 Å². The summed E-state index contributed by atoms with van der Waals surface area (Å²) in [5.74, 6) is -1.08. The number of hydrogen-bond donors (Lipinski definition) is 1. The molecule has 106 valence electrons. The topological polar surface area (TPSA) is 81.7 Å². The zero-order valence-corrected chi connectivity index (χ0v) is 11.9. The Kier molecular flexibility index (Phi) is 5.88. The molecule has 1 N–H and O–H groups in total. The molecule has 0 aromatic heterocycles. The van der Waals surface area contributed by atoms with Gasteiger partial charge >= 0.3 is 11.9 Å². The van der Waals surface area contributed by atoms with E-state index in [9.17, 15) is 14.4 Å². The van der Waals surface area contributed by atoms with Crippen LogP contribution < -0.4 is 5.32 Å². The second-order valence-electron chi connectivity index (χ2n) is 3.95. The Hall–Kier alpha value is -1.50. The summed E-state index contributed by atoms with van der Waals surface area (Å²) in [4.78, 5) is 34.3. The minimum Gasteiger partial charge on any atom is -0.469 e. The number of hydrogen-bond acceptors (Lipinski definition) is 6. The summed E-state index contributed by atoms with van der Waals surface area (Å²) in [6.45, 7) is 1.92. The van der Waals surface area contributed by atoms with Gasteiger partial charge in [-0.3, -0.25) is 9.59 Å². The first-order valence-electron chi connectivity index (χ1n) is 5.84. The fourth-order valence-corrected chi connectivity index (χ4v) is 2.94. The lowest BCUT2D eigenvalue weighted by molar-refractivity contribution is -0.139. The lowest BCUT2D eigenvalue weighted by Gasteiger charge is -2.35. The zero-order chi connectivity index (χ0) is 14.4. The van der Waals surface area contributed by atoms with Crippen molar-refractivity contribution in [3.8, 4) is 0 Å². The van der Waals surface area contributed by atoms with E-state index in [0.29, 0.717) is 11.3 Å². The van der Waals surface area contributed by atoms with Crippen LogP contribution in [0.4, 0.5) is 0 Å². The summed E-state index contributed by atoms with van der Waals surface area (Å²) in [7, 11) is 2.54. The number of rotatable bonds is 6. The molecule has 7 heteroatoms. The number of carbonyl (C=O) groups excluding carboxylic acids is 3. The van der Waals surface area contributed by atoms with Gasteiger partial charge < -0.3 is 14.8 Å². The van der Waals surface area contributed by atoms with Crippen molar-refractivity contribution in [1.29, 1.82) is 0 Å². The van der Waals surface area contributed by atoms with Gasteiger partial charge in [-0.25, -0.2) is 4.79 Å². The third kappa shape index (κ3) is 4.27. The van der Waals surface area contributed by atoms with E-state index in [1.54, 1.807) is 0 Å². The molecule has 1 aliphatic rings. The lowest BCUT2D eigenvalue weighted by Crippen LogP contribution is -2.55. The summed E-state index contributed by atoms with van der Waals surface area (Å²) in [5.41, 5.74) is 0. The number of thioether (sulfide) groups is 1. The lowest BCUT2D eigenvalue weighted by atomic mass is 9.99. The normalized spacial score (nSPS) is 22.3. The van der Waals surface area contributed by atoms with Crippen molar-refractivity contribution in [2.24, 2.45) is 5.92 Å². The van der Waals surface area contributed by atoms with Crippen LogP contribution in [0.25, 0.3) is 0 Å². The standard InChI is InChI=1S/C12H17NO5S/c1-4-8-11(16)13-12(8)19-7(5-9(14)17-2)6-10(15)18-3/h5,8,12H,4,6H2,1-3H3,(H,13,16)/b7-5+/t8-,12+/m0/s1. The fourth-order valence-electron chi connectivity index (χ4n) is 1.59. The average molecular weight is 287 g/mol. The van der Waals surface area contributed by atoms with Crippen LogP contribution in [0.15, 0.2) is 11.0 Å². The van der Waals surface area contributed by atoms with E-state index < -0.39 is 11.9 Å². The van der Waals surface area contributed by atoms with Crippen LogP contribution in [0.1, 0.15) is 19.8 Å². The number of carbonyl (C=O) groups is 3. The maximum Gasteiger partial charge on any atom is 0.331 e. The Labute approximate surface area is 115 Å². The molecule has 0 aromatic rings. The molecule has 0 bridgehead atoms. The van der Waals surface area contributed by atoms with E-state index >= 15 is 0 Å². The molecule has 0 radical (unpaired) electrons. The number of ether oxygens (including phenoxy) is 2. The van der Waals surface area contributed by atoms with Gasteiger partial charge in [0.05, 0.1) is 31.9 Å².